The molecule has 0 saturated carbocycles. The van der Waals surface area contributed by atoms with Gasteiger partial charge in [-0.25, -0.2) is 0 Å². The lowest BCUT2D eigenvalue weighted by Gasteiger charge is -2.13. The van der Waals surface area contributed by atoms with Crippen LogP contribution >= 0.6 is 15.9 Å². The van der Waals surface area contributed by atoms with E-state index in [-0.39, 0.29) is 5.91 Å². The second-order valence-corrected chi connectivity index (χ2v) is 6.05. The van der Waals surface area contributed by atoms with Crippen LogP contribution in [0.5, 0.6) is 0 Å². The highest BCUT2D eigenvalue weighted by molar-refractivity contribution is 9.10. The van der Waals surface area contributed by atoms with Crippen LogP contribution in [0.3, 0.4) is 0 Å². The Morgan fingerprint density at radius 2 is 1.55 bits per heavy atom. The van der Waals surface area contributed by atoms with E-state index in [9.17, 15) is 4.79 Å². The first-order valence-electron chi connectivity index (χ1n) is 6.54. The van der Waals surface area contributed by atoms with Crippen molar-refractivity contribution in [1.29, 1.82) is 0 Å². The van der Waals surface area contributed by atoms with Crippen molar-refractivity contribution in [3.05, 3.63) is 62.6 Å². The first kappa shape index (κ1) is 14.8. The molecule has 0 aliphatic carbocycles. The minimum absolute atomic E-state index is 0.0735. The molecule has 0 saturated heterocycles. The third-order valence-electron chi connectivity index (χ3n) is 3.34. The fraction of sp³-hybridized carbons (Fsp3) is 0.235. The second kappa shape index (κ2) is 5.80. The quantitative estimate of drug-likeness (QED) is 0.830. The van der Waals surface area contributed by atoms with Gasteiger partial charge < -0.3 is 5.32 Å². The highest BCUT2D eigenvalue weighted by Crippen LogP contribution is 2.23. The van der Waals surface area contributed by atoms with Crippen LogP contribution in [0.15, 0.2) is 34.8 Å². The Labute approximate surface area is 128 Å². The summed E-state index contributed by atoms with van der Waals surface area (Å²) >= 11 is 3.44. The Morgan fingerprint density at radius 3 is 2.10 bits per heavy atom. The molecule has 0 unspecified atom stereocenters. The summed E-state index contributed by atoms with van der Waals surface area (Å²) in [6.07, 6.45) is 0. The van der Waals surface area contributed by atoms with Crippen molar-refractivity contribution in [3.8, 4) is 0 Å². The number of amides is 1. The lowest BCUT2D eigenvalue weighted by atomic mass is 10.0. The van der Waals surface area contributed by atoms with Gasteiger partial charge in [-0.15, -0.1) is 0 Å². The van der Waals surface area contributed by atoms with Gasteiger partial charge in [-0.2, -0.15) is 0 Å². The molecule has 2 rings (SSSR count). The fourth-order valence-electron chi connectivity index (χ4n) is 2.35. The summed E-state index contributed by atoms with van der Waals surface area (Å²) in [6, 6.07) is 9.77. The van der Waals surface area contributed by atoms with Crippen LogP contribution in [-0.2, 0) is 0 Å². The van der Waals surface area contributed by atoms with Crippen LogP contribution in [0.1, 0.15) is 32.6 Å². The largest absolute Gasteiger partial charge is 0.322 e. The number of nitrogens with one attached hydrogen (secondary N) is 1. The highest BCUT2D eigenvalue weighted by Gasteiger charge is 2.11. The van der Waals surface area contributed by atoms with Gasteiger partial charge in [0.1, 0.15) is 0 Å². The Bertz CT molecular complexity index is 654. The van der Waals surface area contributed by atoms with Crippen molar-refractivity contribution < 1.29 is 4.79 Å². The average molecular weight is 332 g/mol. The van der Waals surface area contributed by atoms with E-state index in [1.165, 1.54) is 5.56 Å². The van der Waals surface area contributed by atoms with Crippen molar-refractivity contribution in [3.63, 3.8) is 0 Å². The Kier molecular flexibility index (Phi) is 4.29. The van der Waals surface area contributed by atoms with Gasteiger partial charge in [0.15, 0.2) is 0 Å². The Balaban J connectivity index is 2.30. The molecule has 0 aromatic heterocycles. The van der Waals surface area contributed by atoms with E-state index in [4.69, 9.17) is 0 Å². The van der Waals surface area contributed by atoms with Crippen LogP contribution in [0.4, 0.5) is 5.69 Å². The summed E-state index contributed by atoms with van der Waals surface area (Å²) in [5.41, 5.74) is 6.01. The van der Waals surface area contributed by atoms with Crippen molar-refractivity contribution in [2.24, 2.45) is 0 Å². The zero-order chi connectivity index (χ0) is 14.9. The average Bonchev–Trinajstić information content (AvgIpc) is 2.36. The lowest BCUT2D eigenvalue weighted by Crippen LogP contribution is -2.14. The zero-order valence-corrected chi connectivity index (χ0v) is 13.8. The third kappa shape index (κ3) is 3.10. The third-order valence-corrected chi connectivity index (χ3v) is 4.23. The van der Waals surface area contributed by atoms with Gasteiger partial charge in [-0.1, -0.05) is 33.6 Å². The van der Waals surface area contributed by atoms with E-state index in [0.29, 0.717) is 5.56 Å². The smallest absolute Gasteiger partial charge is 0.255 e. The van der Waals surface area contributed by atoms with Gasteiger partial charge in [0.2, 0.25) is 0 Å². The number of benzene rings is 2. The first-order chi connectivity index (χ1) is 9.38. The maximum atomic E-state index is 12.3. The fourth-order valence-corrected chi connectivity index (χ4v) is 2.60. The lowest BCUT2D eigenvalue weighted by molar-refractivity contribution is 0.102. The molecular weight excluding hydrogens is 314 g/mol. The number of carbonyl (C=O) groups is 1. The van der Waals surface area contributed by atoms with Crippen LogP contribution in [0.25, 0.3) is 0 Å². The summed E-state index contributed by atoms with van der Waals surface area (Å²) in [4.78, 5) is 12.3. The van der Waals surface area contributed by atoms with Crippen LogP contribution in [0, 0.1) is 27.7 Å². The van der Waals surface area contributed by atoms with Gasteiger partial charge in [0.25, 0.3) is 5.91 Å². The van der Waals surface area contributed by atoms with Crippen molar-refractivity contribution in [2.45, 2.75) is 27.7 Å². The van der Waals surface area contributed by atoms with Gasteiger partial charge in [-0.3, -0.25) is 4.79 Å². The minimum atomic E-state index is -0.0735. The molecule has 3 heteroatoms. The molecule has 2 nitrogen and oxygen atoms in total. The maximum absolute atomic E-state index is 12.3. The van der Waals surface area contributed by atoms with E-state index < -0.39 is 0 Å². The summed E-state index contributed by atoms with van der Waals surface area (Å²) < 4.78 is 1.01. The molecule has 0 bridgehead atoms. The molecule has 0 spiro atoms. The molecule has 1 N–H and O–H groups in total. The summed E-state index contributed by atoms with van der Waals surface area (Å²) in [6.45, 7) is 8.07. The minimum Gasteiger partial charge on any atom is -0.322 e. The topological polar surface area (TPSA) is 29.1 Å². The maximum Gasteiger partial charge on any atom is 0.255 e. The monoisotopic (exact) mass is 331 g/mol. The van der Waals surface area contributed by atoms with Gasteiger partial charge in [-0.05, 0) is 62.6 Å². The summed E-state index contributed by atoms with van der Waals surface area (Å²) in [5, 5.41) is 3.01. The van der Waals surface area contributed by atoms with Crippen LogP contribution in [0.2, 0.25) is 0 Å². The van der Waals surface area contributed by atoms with Gasteiger partial charge in [0, 0.05) is 15.7 Å². The molecule has 2 aromatic rings. The molecule has 0 aliphatic rings. The molecule has 0 atom stereocenters. The van der Waals surface area contributed by atoms with Crippen molar-refractivity contribution >= 4 is 27.5 Å². The van der Waals surface area contributed by atoms with E-state index >= 15 is 0 Å². The molecule has 0 radical (unpaired) electrons. The number of aryl methyl sites for hydroxylation is 4. The van der Waals surface area contributed by atoms with Gasteiger partial charge in [0.05, 0.1) is 0 Å². The normalized spacial score (nSPS) is 10.4. The molecule has 0 aliphatic heterocycles. The number of hydrogen-bond acceptors (Lipinski definition) is 1. The number of anilines is 1. The number of rotatable bonds is 2. The number of carbonyl (C=O) groups excluding carboxylic acids is 1. The standard InChI is InChI=1S/C17H18BrNO/c1-10-7-12(3)16(13(4)8-10)19-17(20)14-5-6-15(18)11(2)9-14/h5-9H,1-4H3,(H,19,20). The molecule has 20 heavy (non-hydrogen) atoms. The van der Waals surface area contributed by atoms with E-state index in [0.717, 1.165) is 26.9 Å². The van der Waals surface area contributed by atoms with Crippen molar-refractivity contribution in [1.82, 2.24) is 0 Å². The Hall–Kier alpha value is -1.61. The van der Waals surface area contributed by atoms with E-state index in [2.05, 4.69) is 40.3 Å². The molecule has 1 amide bonds. The second-order valence-electron chi connectivity index (χ2n) is 5.19. The number of hydrogen-bond donors (Lipinski definition) is 1. The summed E-state index contributed by atoms with van der Waals surface area (Å²) in [7, 11) is 0. The SMILES string of the molecule is Cc1cc(C)c(NC(=O)c2ccc(Br)c(C)c2)c(C)c1. The predicted octanol–water partition coefficient (Wildman–Crippen LogP) is 4.94. The van der Waals surface area contributed by atoms with Crippen LogP contribution in [-0.4, -0.2) is 5.91 Å². The highest BCUT2D eigenvalue weighted by atomic mass is 79.9. The van der Waals surface area contributed by atoms with Crippen molar-refractivity contribution in [2.75, 3.05) is 5.32 Å². The molecule has 2 aromatic carbocycles. The predicted molar refractivity (Wildman–Crippen MR) is 87.5 cm³/mol. The molecule has 0 heterocycles. The Morgan fingerprint density at radius 1 is 0.950 bits per heavy atom. The van der Waals surface area contributed by atoms with E-state index in [1.807, 2.05) is 39.0 Å². The molecule has 0 fully saturated rings. The molecule has 104 valence electrons. The van der Waals surface area contributed by atoms with Gasteiger partial charge >= 0.3 is 0 Å². The summed E-state index contributed by atoms with van der Waals surface area (Å²) in [5.74, 6) is -0.0735. The first-order valence-corrected chi connectivity index (χ1v) is 7.33. The van der Waals surface area contributed by atoms with Crippen LogP contribution < -0.4 is 5.32 Å². The van der Waals surface area contributed by atoms with E-state index in [1.54, 1.807) is 0 Å². The number of halogens is 1. The molecular formula is C17H18BrNO. The zero-order valence-electron chi connectivity index (χ0n) is 12.2.